The van der Waals surface area contributed by atoms with Gasteiger partial charge in [0.05, 0.1) is 0 Å². The van der Waals surface area contributed by atoms with Crippen LogP contribution in [0.25, 0.3) is 5.57 Å². The summed E-state index contributed by atoms with van der Waals surface area (Å²) < 4.78 is 0. The van der Waals surface area contributed by atoms with E-state index in [2.05, 4.69) is 38.1 Å². The first-order valence-electron chi connectivity index (χ1n) is 6.13. The number of rotatable bonds is 0. The maximum Gasteiger partial charge on any atom is 0.166 e. The predicted molar refractivity (Wildman–Crippen MR) is 69.7 cm³/mol. The summed E-state index contributed by atoms with van der Waals surface area (Å²) in [6.45, 7) is 6.16. The van der Waals surface area contributed by atoms with Crippen LogP contribution < -0.4 is 0 Å². The molecule has 2 aliphatic rings. The smallest absolute Gasteiger partial charge is 0.166 e. The lowest BCUT2D eigenvalue weighted by molar-refractivity contribution is -0.117. The Hall–Kier alpha value is -1.63. The molecule has 1 unspecified atom stereocenters. The molecule has 3 rings (SSSR count). The van der Waals surface area contributed by atoms with Crippen molar-refractivity contribution >= 4 is 11.4 Å². The summed E-state index contributed by atoms with van der Waals surface area (Å²) >= 11 is 0. The number of hydrogen-bond acceptors (Lipinski definition) is 1. The van der Waals surface area contributed by atoms with Crippen LogP contribution >= 0.6 is 0 Å². The number of carbonyl (C=O) groups excluding carboxylic acids is 1. The first kappa shape index (κ1) is 10.5. The monoisotopic (exact) mass is 224 g/mol. The van der Waals surface area contributed by atoms with Gasteiger partial charge in [0.1, 0.15) is 0 Å². The second-order valence-electron chi connectivity index (χ2n) is 5.20. The minimum absolute atomic E-state index is 0.0594. The Labute approximate surface area is 102 Å². The Bertz CT molecular complexity index is 588. The normalized spacial score (nSPS) is 22.4. The van der Waals surface area contributed by atoms with Crippen molar-refractivity contribution in [1.29, 1.82) is 0 Å². The number of benzene rings is 1. The molecule has 0 N–H and O–H groups in total. The lowest BCUT2D eigenvalue weighted by atomic mass is 9.84. The van der Waals surface area contributed by atoms with Gasteiger partial charge in [0, 0.05) is 17.9 Å². The van der Waals surface area contributed by atoms with Gasteiger partial charge >= 0.3 is 0 Å². The molecule has 1 heteroatoms. The molecule has 0 amide bonds. The van der Waals surface area contributed by atoms with Crippen molar-refractivity contribution in [3.05, 3.63) is 52.1 Å². The standard InChI is InChI=1S/C16H16O/c1-9-4-5-13-12(6-9)8-15-14(13)7-10(2)11(3)16(15)17/h4-7,11H,8H2,1-3H3. The molecule has 17 heavy (non-hydrogen) atoms. The molecule has 0 heterocycles. The molecule has 1 atom stereocenters. The molecule has 0 radical (unpaired) electrons. The highest BCUT2D eigenvalue weighted by Gasteiger charge is 2.31. The van der Waals surface area contributed by atoms with Crippen molar-refractivity contribution in [3.63, 3.8) is 0 Å². The molecule has 86 valence electrons. The number of Topliss-reactive ketones (excluding diaryl/α,β-unsaturated/α-hetero) is 1. The van der Waals surface area contributed by atoms with E-state index in [0.717, 1.165) is 12.0 Å². The van der Waals surface area contributed by atoms with Crippen LogP contribution in [0.2, 0.25) is 0 Å². The van der Waals surface area contributed by atoms with Crippen molar-refractivity contribution in [2.45, 2.75) is 27.2 Å². The maximum atomic E-state index is 12.3. The summed E-state index contributed by atoms with van der Waals surface area (Å²) in [7, 11) is 0. The minimum atomic E-state index is 0.0594. The van der Waals surface area contributed by atoms with E-state index >= 15 is 0 Å². The van der Waals surface area contributed by atoms with Gasteiger partial charge in [-0.3, -0.25) is 4.79 Å². The first-order valence-corrected chi connectivity index (χ1v) is 6.13. The zero-order chi connectivity index (χ0) is 12.2. The van der Waals surface area contributed by atoms with Crippen LogP contribution in [0.4, 0.5) is 0 Å². The fraction of sp³-hybridized carbons (Fsp3) is 0.312. The fourth-order valence-electron chi connectivity index (χ4n) is 2.79. The van der Waals surface area contributed by atoms with Gasteiger partial charge in [-0.2, -0.15) is 0 Å². The van der Waals surface area contributed by atoms with Crippen LogP contribution in [0.15, 0.2) is 35.4 Å². The van der Waals surface area contributed by atoms with Crippen LogP contribution in [-0.4, -0.2) is 5.78 Å². The largest absolute Gasteiger partial charge is 0.294 e. The van der Waals surface area contributed by atoms with Crippen molar-refractivity contribution in [1.82, 2.24) is 0 Å². The highest BCUT2D eigenvalue weighted by Crippen LogP contribution is 2.40. The Morgan fingerprint density at radius 1 is 1.24 bits per heavy atom. The molecule has 2 aliphatic carbocycles. The lowest BCUT2D eigenvalue weighted by Gasteiger charge is -2.18. The second-order valence-corrected chi connectivity index (χ2v) is 5.20. The van der Waals surface area contributed by atoms with E-state index in [1.807, 2.05) is 6.92 Å². The van der Waals surface area contributed by atoms with E-state index < -0.39 is 0 Å². The molecular formula is C16H16O. The predicted octanol–water partition coefficient (Wildman–Crippen LogP) is 3.47. The number of aryl methyl sites for hydroxylation is 1. The molecule has 0 saturated carbocycles. The first-order chi connectivity index (χ1) is 8.08. The summed E-state index contributed by atoms with van der Waals surface area (Å²) in [4.78, 5) is 12.3. The molecule has 0 spiro atoms. The molecule has 0 fully saturated rings. The highest BCUT2D eigenvalue weighted by molar-refractivity contribution is 6.11. The Morgan fingerprint density at radius 2 is 2.00 bits per heavy atom. The number of carbonyl (C=O) groups is 1. The Balaban J connectivity index is 2.17. The topological polar surface area (TPSA) is 17.1 Å². The molecule has 0 bridgehead atoms. The maximum absolute atomic E-state index is 12.3. The van der Waals surface area contributed by atoms with Gasteiger partial charge in [-0.1, -0.05) is 42.3 Å². The van der Waals surface area contributed by atoms with E-state index in [1.54, 1.807) is 0 Å². The van der Waals surface area contributed by atoms with Gasteiger partial charge in [0.15, 0.2) is 5.78 Å². The third-order valence-corrected chi connectivity index (χ3v) is 3.99. The summed E-state index contributed by atoms with van der Waals surface area (Å²) in [6.07, 6.45) is 3.02. The van der Waals surface area contributed by atoms with E-state index in [1.165, 1.54) is 27.8 Å². The van der Waals surface area contributed by atoms with Crippen molar-refractivity contribution < 1.29 is 4.79 Å². The fourth-order valence-corrected chi connectivity index (χ4v) is 2.79. The highest BCUT2D eigenvalue weighted by atomic mass is 16.1. The van der Waals surface area contributed by atoms with Crippen LogP contribution in [0.5, 0.6) is 0 Å². The number of hydrogen-bond donors (Lipinski definition) is 0. The van der Waals surface area contributed by atoms with Crippen LogP contribution in [0.3, 0.4) is 0 Å². The van der Waals surface area contributed by atoms with Crippen molar-refractivity contribution in [2.24, 2.45) is 5.92 Å². The molecule has 0 aliphatic heterocycles. The summed E-state index contributed by atoms with van der Waals surface area (Å²) in [5.74, 6) is 0.373. The number of fused-ring (bicyclic) bond motifs is 2. The minimum Gasteiger partial charge on any atom is -0.294 e. The molecule has 0 saturated heterocycles. The number of ketones is 1. The SMILES string of the molecule is CC1=CC2=C(Cc3cc(C)ccc32)C(=O)C1C. The van der Waals surface area contributed by atoms with Crippen LogP contribution in [-0.2, 0) is 11.2 Å². The molecule has 1 aromatic carbocycles. The summed E-state index contributed by atoms with van der Waals surface area (Å²) in [5.41, 5.74) is 7.20. The molecular weight excluding hydrogens is 208 g/mol. The van der Waals surface area contributed by atoms with Crippen molar-refractivity contribution in [3.8, 4) is 0 Å². The summed E-state index contributed by atoms with van der Waals surface area (Å²) in [5, 5.41) is 0. The zero-order valence-electron chi connectivity index (χ0n) is 10.5. The van der Waals surface area contributed by atoms with Gasteiger partial charge in [0.25, 0.3) is 0 Å². The van der Waals surface area contributed by atoms with E-state index in [-0.39, 0.29) is 5.92 Å². The average Bonchev–Trinajstić information content (AvgIpc) is 2.64. The second kappa shape index (κ2) is 3.43. The third kappa shape index (κ3) is 1.42. The third-order valence-electron chi connectivity index (χ3n) is 3.99. The van der Waals surface area contributed by atoms with Gasteiger partial charge in [-0.05, 0) is 30.5 Å². The molecule has 1 aromatic rings. The zero-order valence-corrected chi connectivity index (χ0v) is 10.5. The van der Waals surface area contributed by atoms with Gasteiger partial charge in [-0.15, -0.1) is 0 Å². The van der Waals surface area contributed by atoms with Crippen LogP contribution in [0, 0.1) is 12.8 Å². The lowest BCUT2D eigenvalue weighted by Crippen LogP contribution is -2.18. The number of allylic oxidation sites excluding steroid dienone is 4. The van der Waals surface area contributed by atoms with Gasteiger partial charge < -0.3 is 0 Å². The van der Waals surface area contributed by atoms with E-state index in [9.17, 15) is 4.79 Å². The average molecular weight is 224 g/mol. The van der Waals surface area contributed by atoms with Gasteiger partial charge in [-0.25, -0.2) is 0 Å². The van der Waals surface area contributed by atoms with E-state index in [4.69, 9.17) is 0 Å². The summed E-state index contributed by atoms with van der Waals surface area (Å²) in [6, 6.07) is 6.48. The molecule has 0 aromatic heterocycles. The van der Waals surface area contributed by atoms with E-state index in [0.29, 0.717) is 5.78 Å². The van der Waals surface area contributed by atoms with Crippen LogP contribution in [0.1, 0.15) is 30.5 Å². The Kier molecular flexibility index (Phi) is 2.12. The van der Waals surface area contributed by atoms with Crippen molar-refractivity contribution in [2.75, 3.05) is 0 Å². The molecule has 1 nitrogen and oxygen atoms in total. The quantitative estimate of drug-likeness (QED) is 0.659. The Morgan fingerprint density at radius 3 is 2.76 bits per heavy atom. The van der Waals surface area contributed by atoms with Gasteiger partial charge in [0.2, 0.25) is 0 Å².